The summed E-state index contributed by atoms with van der Waals surface area (Å²) in [6.07, 6.45) is 1.73. The van der Waals surface area contributed by atoms with Crippen molar-refractivity contribution in [3.8, 4) is 11.4 Å². The molecule has 1 N–H and O–H groups in total. The normalized spacial score (nSPS) is 15.0. The summed E-state index contributed by atoms with van der Waals surface area (Å²) in [6.45, 7) is 2.51. The number of hydrogen-bond donors (Lipinski definition) is 1. The topological polar surface area (TPSA) is 91.0 Å². The van der Waals surface area contributed by atoms with Crippen LogP contribution in [0.4, 0.5) is 5.69 Å². The van der Waals surface area contributed by atoms with E-state index in [0.29, 0.717) is 34.2 Å². The molecule has 32 heavy (non-hydrogen) atoms. The van der Waals surface area contributed by atoms with Crippen LogP contribution < -0.4 is 15.6 Å². The average Bonchev–Trinajstić information content (AvgIpc) is 3.41. The van der Waals surface area contributed by atoms with Crippen LogP contribution in [0, 0.1) is 0 Å². The van der Waals surface area contributed by atoms with Crippen LogP contribution in [0.25, 0.3) is 16.7 Å². The number of benzene rings is 2. The molecule has 2 aromatic carbocycles. The van der Waals surface area contributed by atoms with E-state index in [0.717, 1.165) is 11.4 Å². The molecule has 5 rings (SSSR count). The standard InChI is InChI=1S/C23H21N5O3S/c1-2-31-18-10-8-15(9-11-18)25-20(29)12-17-14-32-23-26-21-19(22(30)27(17)23)13-24-28(21)16-6-4-3-5-7-16/h3-11,13,17H,2,12,14H2,1H3,(H,25,29). The van der Waals surface area contributed by atoms with E-state index in [2.05, 4.69) is 10.4 Å². The van der Waals surface area contributed by atoms with Gasteiger partial charge in [-0.1, -0.05) is 30.0 Å². The first kappa shape index (κ1) is 20.3. The number of carbonyl (C=O) groups excluding carboxylic acids is 1. The number of thioether (sulfide) groups is 1. The van der Waals surface area contributed by atoms with Gasteiger partial charge in [-0.15, -0.1) is 0 Å². The highest BCUT2D eigenvalue weighted by Gasteiger charge is 2.29. The molecule has 3 heterocycles. The number of ether oxygens (including phenoxy) is 1. The maximum absolute atomic E-state index is 13.2. The van der Waals surface area contributed by atoms with Crippen LogP contribution in [-0.2, 0) is 4.79 Å². The minimum absolute atomic E-state index is 0.153. The number of fused-ring (bicyclic) bond motifs is 2. The zero-order valence-corrected chi connectivity index (χ0v) is 18.2. The van der Waals surface area contributed by atoms with E-state index >= 15 is 0 Å². The maximum Gasteiger partial charge on any atom is 0.265 e. The summed E-state index contributed by atoms with van der Waals surface area (Å²) in [4.78, 5) is 30.6. The van der Waals surface area contributed by atoms with Crippen molar-refractivity contribution in [2.24, 2.45) is 0 Å². The Labute approximate surface area is 188 Å². The fourth-order valence-corrected chi connectivity index (χ4v) is 4.90. The highest BCUT2D eigenvalue weighted by Crippen LogP contribution is 2.33. The molecule has 2 aromatic heterocycles. The Kier molecular flexibility index (Phi) is 5.40. The number of anilines is 1. The van der Waals surface area contributed by atoms with Gasteiger partial charge in [0.2, 0.25) is 5.91 Å². The first-order valence-corrected chi connectivity index (χ1v) is 11.3. The summed E-state index contributed by atoms with van der Waals surface area (Å²) in [7, 11) is 0. The van der Waals surface area contributed by atoms with E-state index in [1.165, 1.54) is 11.8 Å². The summed E-state index contributed by atoms with van der Waals surface area (Å²) < 4.78 is 8.72. The molecule has 0 saturated carbocycles. The van der Waals surface area contributed by atoms with Gasteiger partial charge in [-0.3, -0.25) is 14.2 Å². The van der Waals surface area contributed by atoms with Gasteiger partial charge in [0.05, 0.1) is 24.5 Å². The predicted molar refractivity (Wildman–Crippen MR) is 124 cm³/mol. The third kappa shape index (κ3) is 3.75. The van der Waals surface area contributed by atoms with Crippen molar-refractivity contribution >= 4 is 34.4 Å². The van der Waals surface area contributed by atoms with Gasteiger partial charge < -0.3 is 10.1 Å². The van der Waals surface area contributed by atoms with Crippen molar-refractivity contribution in [1.29, 1.82) is 0 Å². The van der Waals surface area contributed by atoms with Gasteiger partial charge in [0.25, 0.3) is 5.56 Å². The highest BCUT2D eigenvalue weighted by molar-refractivity contribution is 7.99. The van der Waals surface area contributed by atoms with E-state index in [9.17, 15) is 9.59 Å². The zero-order chi connectivity index (χ0) is 22.1. The van der Waals surface area contributed by atoms with Crippen molar-refractivity contribution in [3.63, 3.8) is 0 Å². The van der Waals surface area contributed by atoms with Gasteiger partial charge >= 0.3 is 0 Å². The maximum atomic E-state index is 13.2. The molecule has 0 spiro atoms. The molecule has 0 radical (unpaired) electrons. The number of nitrogens with zero attached hydrogens (tertiary/aromatic N) is 4. The number of amides is 1. The molecule has 4 aromatic rings. The van der Waals surface area contributed by atoms with Gasteiger partial charge in [0.15, 0.2) is 10.8 Å². The average molecular weight is 448 g/mol. The van der Waals surface area contributed by atoms with Gasteiger partial charge in [-0.25, -0.2) is 9.67 Å². The second kappa shape index (κ2) is 8.51. The van der Waals surface area contributed by atoms with Crippen LogP contribution in [-0.4, -0.2) is 37.6 Å². The Morgan fingerprint density at radius 2 is 1.97 bits per heavy atom. The summed E-state index contributed by atoms with van der Waals surface area (Å²) >= 11 is 1.48. The quantitative estimate of drug-likeness (QED) is 0.454. The fourth-order valence-electron chi connectivity index (χ4n) is 3.77. The first-order valence-electron chi connectivity index (χ1n) is 10.3. The van der Waals surface area contributed by atoms with Crippen LogP contribution in [0.5, 0.6) is 5.75 Å². The zero-order valence-electron chi connectivity index (χ0n) is 17.4. The van der Waals surface area contributed by atoms with Crippen LogP contribution >= 0.6 is 11.8 Å². The van der Waals surface area contributed by atoms with Gasteiger partial charge in [-0.2, -0.15) is 5.10 Å². The Bertz CT molecular complexity index is 1330. The number of carbonyl (C=O) groups is 1. The van der Waals surface area contributed by atoms with E-state index in [1.54, 1.807) is 27.6 Å². The molecule has 1 amide bonds. The Morgan fingerprint density at radius 1 is 1.19 bits per heavy atom. The van der Waals surface area contributed by atoms with Gasteiger partial charge in [-0.05, 0) is 43.3 Å². The van der Waals surface area contributed by atoms with Crippen molar-refractivity contribution in [3.05, 3.63) is 71.1 Å². The third-order valence-electron chi connectivity index (χ3n) is 5.24. The Hall–Kier alpha value is -3.59. The molecule has 1 atom stereocenters. The number of aromatic nitrogens is 4. The largest absolute Gasteiger partial charge is 0.494 e. The van der Waals surface area contributed by atoms with Crippen LogP contribution in [0.1, 0.15) is 19.4 Å². The lowest BCUT2D eigenvalue weighted by Crippen LogP contribution is -2.27. The molecular formula is C23H21N5O3S. The monoisotopic (exact) mass is 447 g/mol. The van der Waals surface area contributed by atoms with E-state index in [1.807, 2.05) is 49.4 Å². The summed E-state index contributed by atoms with van der Waals surface area (Å²) in [5.74, 6) is 1.22. The number of nitrogens with one attached hydrogen (secondary N) is 1. The third-order valence-corrected chi connectivity index (χ3v) is 6.34. The molecule has 0 bridgehead atoms. The molecule has 1 unspecified atom stereocenters. The molecular weight excluding hydrogens is 426 g/mol. The Balaban J connectivity index is 1.38. The van der Waals surface area contributed by atoms with Crippen LogP contribution in [0.2, 0.25) is 0 Å². The smallest absolute Gasteiger partial charge is 0.265 e. The summed E-state index contributed by atoms with van der Waals surface area (Å²) in [6, 6.07) is 16.6. The lowest BCUT2D eigenvalue weighted by atomic mass is 10.2. The van der Waals surface area contributed by atoms with Crippen LogP contribution in [0.15, 0.2) is 70.7 Å². The first-order chi connectivity index (χ1) is 15.6. The molecule has 0 aliphatic carbocycles. The summed E-state index contributed by atoms with van der Waals surface area (Å²) in [5, 5.41) is 8.32. The molecule has 0 saturated heterocycles. The fraction of sp³-hybridized carbons (Fsp3) is 0.217. The Morgan fingerprint density at radius 3 is 2.72 bits per heavy atom. The van der Waals surface area contributed by atoms with Crippen molar-refractivity contribution in [2.75, 3.05) is 17.7 Å². The van der Waals surface area contributed by atoms with Crippen molar-refractivity contribution in [1.82, 2.24) is 19.3 Å². The molecule has 9 heteroatoms. The predicted octanol–water partition coefficient (Wildman–Crippen LogP) is 3.66. The molecule has 162 valence electrons. The second-order valence-corrected chi connectivity index (χ2v) is 8.36. The van der Waals surface area contributed by atoms with Gasteiger partial charge in [0, 0.05) is 17.9 Å². The highest BCUT2D eigenvalue weighted by atomic mass is 32.2. The van der Waals surface area contributed by atoms with E-state index in [-0.39, 0.29) is 23.9 Å². The SMILES string of the molecule is CCOc1ccc(NC(=O)CC2CSc3nc4c(cnn4-c4ccccc4)c(=O)n32)cc1. The minimum Gasteiger partial charge on any atom is -0.494 e. The lowest BCUT2D eigenvalue weighted by molar-refractivity contribution is -0.116. The van der Waals surface area contributed by atoms with Gasteiger partial charge in [0.1, 0.15) is 11.1 Å². The number of hydrogen-bond acceptors (Lipinski definition) is 6. The summed E-state index contributed by atoms with van der Waals surface area (Å²) in [5.41, 5.74) is 1.89. The van der Waals surface area contributed by atoms with E-state index < -0.39 is 0 Å². The second-order valence-electron chi connectivity index (χ2n) is 7.37. The number of rotatable bonds is 6. The molecule has 8 nitrogen and oxygen atoms in total. The number of para-hydroxylation sites is 1. The van der Waals surface area contributed by atoms with Crippen molar-refractivity contribution in [2.45, 2.75) is 24.5 Å². The van der Waals surface area contributed by atoms with Crippen molar-refractivity contribution < 1.29 is 9.53 Å². The molecule has 1 aliphatic heterocycles. The minimum atomic E-state index is -0.262. The lowest BCUT2D eigenvalue weighted by Gasteiger charge is -2.14. The molecule has 0 fully saturated rings. The van der Waals surface area contributed by atoms with Crippen LogP contribution in [0.3, 0.4) is 0 Å². The molecule has 1 aliphatic rings. The van der Waals surface area contributed by atoms with E-state index in [4.69, 9.17) is 9.72 Å².